The van der Waals surface area contributed by atoms with Gasteiger partial charge >= 0.3 is 5.97 Å². The average molecular weight is 498 g/mol. The van der Waals surface area contributed by atoms with Gasteiger partial charge in [-0.05, 0) is 55.4 Å². The molecule has 1 aromatic heterocycles. The monoisotopic (exact) mass is 497 g/mol. The van der Waals surface area contributed by atoms with Gasteiger partial charge in [-0.3, -0.25) is 0 Å². The molecule has 2 aromatic rings. The number of rotatable bonds is 6. The molecule has 0 bridgehead atoms. The average Bonchev–Trinajstić information content (AvgIpc) is 3.13. The number of carbonyl (C=O) groups excluding carboxylic acids is 1. The lowest BCUT2D eigenvalue weighted by atomic mass is 10.1. The number of hydrogen-bond donors (Lipinski definition) is 1. The van der Waals surface area contributed by atoms with Crippen LogP contribution in [-0.2, 0) is 21.2 Å². The van der Waals surface area contributed by atoms with Gasteiger partial charge in [0, 0.05) is 31.1 Å². The molecule has 0 aliphatic carbocycles. The number of anilines is 1. The maximum Gasteiger partial charge on any atom is 0.341 e. The zero-order valence-corrected chi connectivity index (χ0v) is 21.0. The Morgan fingerprint density at radius 1 is 1.16 bits per heavy atom. The predicted molar refractivity (Wildman–Crippen MR) is 129 cm³/mol. The van der Waals surface area contributed by atoms with Gasteiger partial charge in [-0.1, -0.05) is 6.92 Å². The van der Waals surface area contributed by atoms with E-state index in [4.69, 9.17) is 21.7 Å². The van der Waals surface area contributed by atoms with Gasteiger partial charge in [-0.2, -0.15) is 4.31 Å². The van der Waals surface area contributed by atoms with Crippen molar-refractivity contribution in [1.29, 1.82) is 0 Å². The summed E-state index contributed by atoms with van der Waals surface area (Å²) in [6.07, 6.45) is 0.711. The summed E-state index contributed by atoms with van der Waals surface area (Å²) in [4.78, 5) is 15.5. The number of ether oxygens (including phenoxy) is 2. The standard InChI is InChI=1S/C21H27N3O5S3/c1-5-17-14(2)31-19(18(17)20(25)29-4)22-21(30)23-10-12-24(13-11-23)32(26,27)16-8-6-15(28-3)7-9-16/h6-9H,5,10-13H2,1-4H3,(H,22,30). The molecule has 0 saturated carbocycles. The van der Waals surface area contributed by atoms with Gasteiger partial charge in [0.2, 0.25) is 10.0 Å². The molecule has 11 heteroatoms. The minimum Gasteiger partial charge on any atom is -0.497 e. The topological polar surface area (TPSA) is 88.2 Å². The Kier molecular flexibility index (Phi) is 7.75. The Morgan fingerprint density at radius 2 is 1.78 bits per heavy atom. The van der Waals surface area contributed by atoms with Crippen LogP contribution in [0.3, 0.4) is 0 Å². The van der Waals surface area contributed by atoms with E-state index in [1.165, 1.54) is 29.9 Å². The molecule has 0 unspecified atom stereocenters. The number of sulfonamides is 1. The molecule has 1 aromatic carbocycles. The number of methoxy groups -OCH3 is 2. The van der Waals surface area contributed by atoms with Crippen molar-refractivity contribution in [3.63, 3.8) is 0 Å². The minimum absolute atomic E-state index is 0.233. The molecule has 174 valence electrons. The highest BCUT2D eigenvalue weighted by molar-refractivity contribution is 7.89. The SMILES string of the molecule is CCc1c(C)sc(NC(=S)N2CCN(S(=O)(=O)c3ccc(OC)cc3)CC2)c1C(=O)OC. The first kappa shape index (κ1) is 24.4. The van der Waals surface area contributed by atoms with Crippen LogP contribution in [0.2, 0.25) is 0 Å². The van der Waals surface area contributed by atoms with Crippen molar-refractivity contribution in [1.82, 2.24) is 9.21 Å². The lowest BCUT2D eigenvalue weighted by Crippen LogP contribution is -2.51. The number of piperazine rings is 1. The highest BCUT2D eigenvalue weighted by atomic mass is 32.2. The van der Waals surface area contributed by atoms with Crippen LogP contribution >= 0.6 is 23.6 Å². The summed E-state index contributed by atoms with van der Waals surface area (Å²) in [5, 5.41) is 4.30. The molecule has 1 aliphatic rings. The van der Waals surface area contributed by atoms with Crippen LogP contribution in [0, 0.1) is 6.92 Å². The summed E-state index contributed by atoms with van der Waals surface area (Å²) in [5.41, 5.74) is 1.46. The number of nitrogens with one attached hydrogen (secondary N) is 1. The second kappa shape index (κ2) is 10.2. The van der Waals surface area contributed by atoms with Crippen molar-refractivity contribution in [2.75, 3.05) is 45.7 Å². The van der Waals surface area contributed by atoms with E-state index >= 15 is 0 Å². The Bertz CT molecular complexity index is 1090. The summed E-state index contributed by atoms with van der Waals surface area (Å²) in [6.45, 7) is 5.46. The van der Waals surface area contributed by atoms with Gasteiger partial charge in [0.25, 0.3) is 0 Å². The molecule has 2 heterocycles. The fourth-order valence-corrected chi connectivity index (χ4v) is 6.52. The summed E-state index contributed by atoms with van der Waals surface area (Å²) in [6, 6.07) is 6.36. The summed E-state index contributed by atoms with van der Waals surface area (Å²) < 4.78 is 37.4. The first-order valence-electron chi connectivity index (χ1n) is 10.1. The largest absolute Gasteiger partial charge is 0.497 e. The third kappa shape index (κ3) is 4.90. The molecule has 1 N–H and O–H groups in total. The van der Waals surface area contributed by atoms with E-state index in [0.29, 0.717) is 54.0 Å². The molecule has 0 atom stereocenters. The molecule has 8 nitrogen and oxygen atoms in total. The smallest absolute Gasteiger partial charge is 0.341 e. The number of thiocarbonyl (C=S) groups is 1. The molecule has 0 spiro atoms. The molecular formula is C21H27N3O5S3. The third-order valence-electron chi connectivity index (χ3n) is 5.40. The number of thiophene rings is 1. The number of aryl methyl sites for hydroxylation is 1. The zero-order chi connectivity index (χ0) is 23.5. The van der Waals surface area contributed by atoms with Crippen molar-refractivity contribution in [3.05, 3.63) is 40.3 Å². The van der Waals surface area contributed by atoms with Crippen molar-refractivity contribution in [2.45, 2.75) is 25.2 Å². The van der Waals surface area contributed by atoms with Gasteiger partial charge in [-0.15, -0.1) is 11.3 Å². The number of esters is 1. The van der Waals surface area contributed by atoms with Crippen LogP contribution in [0.25, 0.3) is 0 Å². The number of benzene rings is 1. The van der Waals surface area contributed by atoms with Crippen molar-refractivity contribution in [2.24, 2.45) is 0 Å². The van der Waals surface area contributed by atoms with Crippen LogP contribution in [0.15, 0.2) is 29.2 Å². The van der Waals surface area contributed by atoms with E-state index in [2.05, 4.69) is 5.32 Å². The van der Waals surface area contributed by atoms with Gasteiger partial charge in [0.15, 0.2) is 5.11 Å². The molecule has 3 rings (SSSR count). The van der Waals surface area contributed by atoms with Crippen molar-refractivity contribution < 1.29 is 22.7 Å². The van der Waals surface area contributed by atoms with E-state index in [-0.39, 0.29) is 4.90 Å². The number of carbonyl (C=O) groups is 1. The van der Waals surface area contributed by atoms with E-state index in [1.807, 2.05) is 18.7 Å². The van der Waals surface area contributed by atoms with Gasteiger partial charge in [0.1, 0.15) is 10.8 Å². The molecule has 0 amide bonds. The van der Waals surface area contributed by atoms with Crippen LogP contribution in [0.5, 0.6) is 5.75 Å². The normalized spacial score (nSPS) is 14.8. The summed E-state index contributed by atoms with van der Waals surface area (Å²) in [5.74, 6) is 0.207. The van der Waals surface area contributed by atoms with Crippen molar-refractivity contribution in [3.8, 4) is 5.75 Å². The van der Waals surface area contributed by atoms with Crippen molar-refractivity contribution >= 4 is 49.7 Å². The van der Waals surface area contributed by atoms with E-state index in [0.717, 1.165) is 10.4 Å². The Labute approximate surface area is 198 Å². The Morgan fingerprint density at radius 3 is 2.31 bits per heavy atom. The van der Waals surface area contributed by atoms with Crippen LogP contribution in [-0.4, -0.2) is 69.1 Å². The summed E-state index contributed by atoms with van der Waals surface area (Å²) in [7, 11) is -0.697. The van der Waals surface area contributed by atoms with Crippen LogP contribution in [0.4, 0.5) is 5.00 Å². The summed E-state index contributed by atoms with van der Waals surface area (Å²) >= 11 is 7.03. The maximum atomic E-state index is 12.9. The molecular weight excluding hydrogens is 470 g/mol. The first-order chi connectivity index (χ1) is 15.2. The Balaban J connectivity index is 1.68. The second-order valence-electron chi connectivity index (χ2n) is 7.18. The predicted octanol–water partition coefficient (Wildman–Crippen LogP) is 3.12. The van der Waals surface area contributed by atoms with E-state index < -0.39 is 16.0 Å². The van der Waals surface area contributed by atoms with E-state index in [9.17, 15) is 13.2 Å². The lowest BCUT2D eigenvalue weighted by molar-refractivity contribution is 0.0601. The first-order valence-corrected chi connectivity index (χ1v) is 12.8. The van der Waals surface area contributed by atoms with Gasteiger partial charge in [0.05, 0.1) is 24.7 Å². The van der Waals surface area contributed by atoms with Gasteiger partial charge < -0.3 is 19.7 Å². The highest BCUT2D eigenvalue weighted by Gasteiger charge is 2.30. The lowest BCUT2D eigenvalue weighted by Gasteiger charge is -2.35. The molecule has 1 fully saturated rings. The molecule has 0 radical (unpaired) electrons. The van der Waals surface area contributed by atoms with Crippen LogP contribution in [0.1, 0.15) is 27.7 Å². The zero-order valence-electron chi connectivity index (χ0n) is 18.5. The van der Waals surface area contributed by atoms with E-state index in [1.54, 1.807) is 24.3 Å². The fourth-order valence-electron chi connectivity index (χ4n) is 3.61. The minimum atomic E-state index is -3.59. The third-order valence-corrected chi connectivity index (χ3v) is 8.73. The fraction of sp³-hybridized carbons (Fsp3) is 0.429. The highest BCUT2D eigenvalue weighted by Crippen LogP contribution is 2.34. The Hall–Kier alpha value is -2.21. The number of nitrogens with zero attached hydrogens (tertiary/aromatic N) is 2. The maximum absolute atomic E-state index is 12.9. The number of hydrogen-bond acceptors (Lipinski definition) is 7. The molecule has 1 aliphatic heterocycles. The van der Waals surface area contributed by atoms with Crippen LogP contribution < -0.4 is 10.1 Å². The second-order valence-corrected chi connectivity index (χ2v) is 10.7. The molecule has 32 heavy (non-hydrogen) atoms. The van der Waals surface area contributed by atoms with Gasteiger partial charge in [-0.25, -0.2) is 13.2 Å². The quantitative estimate of drug-likeness (QED) is 0.481. The molecule has 1 saturated heterocycles.